The van der Waals surface area contributed by atoms with E-state index >= 15 is 0 Å². The minimum atomic E-state index is -0.516. The van der Waals surface area contributed by atoms with Crippen molar-refractivity contribution in [3.8, 4) is 5.69 Å². The Morgan fingerprint density at radius 3 is 2.42 bits per heavy atom. The van der Waals surface area contributed by atoms with Crippen LogP contribution in [0.15, 0.2) is 18.2 Å². The van der Waals surface area contributed by atoms with Crippen molar-refractivity contribution in [2.75, 3.05) is 6.54 Å². The zero-order valence-corrected chi connectivity index (χ0v) is 16.0. The van der Waals surface area contributed by atoms with Crippen molar-refractivity contribution in [3.05, 3.63) is 39.9 Å². The van der Waals surface area contributed by atoms with Crippen LogP contribution in [0.3, 0.4) is 0 Å². The number of nitrogens with one attached hydrogen (secondary N) is 1. The van der Waals surface area contributed by atoms with Gasteiger partial charge in [0.05, 0.1) is 10.0 Å². The van der Waals surface area contributed by atoms with E-state index in [-0.39, 0.29) is 24.1 Å². The smallest absolute Gasteiger partial charge is 0.291 e. The average Bonchev–Trinajstić information content (AvgIpc) is 2.88. The third-order valence-electron chi connectivity index (χ3n) is 3.05. The first kappa shape index (κ1) is 20.7. The molecule has 0 bridgehead atoms. The second-order valence-corrected chi connectivity index (χ2v) is 6.67. The summed E-state index contributed by atoms with van der Waals surface area (Å²) >= 11 is 12.4. The summed E-state index contributed by atoms with van der Waals surface area (Å²) in [5, 5.41) is 7.85. The molecule has 0 atom stereocenters. The molecule has 0 saturated carbocycles. The molecule has 0 unspecified atom stereocenters. The minimum absolute atomic E-state index is 0. The van der Waals surface area contributed by atoms with E-state index in [0.717, 1.165) is 0 Å². The summed E-state index contributed by atoms with van der Waals surface area (Å²) in [7, 11) is 0. The molecule has 0 spiro atoms. The van der Waals surface area contributed by atoms with E-state index in [2.05, 4.69) is 15.4 Å². The molecule has 9 heteroatoms. The molecule has 0 radical (unpaired) electrons. The van der Waals surface area contributed by atoms with Crippen LogP contribution < -0.4 is 11.1 Å². The van der Waals surface area contributed by atoms with Gasteiger partial charge in [-0.1, -0.05) is 36.2 Å². The standard InChI is InChI=1S/C15H19Cl2N5O.ClH/c1-4-11-20-13(14(23)19-8-15(2,3)18)21-22(11)12-9(16)6-5-7-10(12)17;/h5-7H,4,8,18H2,1-3H3,(H,19,23);1H. The van der Waals surface area contributed by atoms with Crippen LogP contribution in [-0.4, -0.2) is 32.8 Å². The number of halogens is 3. The second-order valence-electron chi connectivity index (χ2n) is 5.86. The number of rotatable bonds is 5. The van der Waals surface area contributed by atoms with E-state index in [4.69, 9.17) is 28.9 Å². The monoisotopic (exact) mass is 391 g/mol. The van der Waals surface area contributed by atoms with Crippen LogP contribution in [0.4, 0.5) is 0 Å². The Labute approximate surface area is 157 Å². The van der Waals surface area contributed by atoms with Gasteiger partial charge in [0.15, 0.2) is 0 Å². The molecule has 0 saturated heterocycles. The van der Waals surface area contributed by atoms with Crippen molar-refractivity contribution >= 4 is 41.5 Å². The van der Waals surface area contributed by atoms with Crippen LogP contribution in [0.25, 0.3) is 5.69 Å². The van der Waals surface area contributed by atoms with Crippen LogP contribution in [0.1, 0.15) is 37.2 Å². The number of aryl methyl sites for hydroxylation is 1. The van der Waals surface area contributed by atoms with E-state index in [1.807, 2.05) is 20.8 Å². The molecule has 2 rings (SSSR count). The number of nitrogens with two attached hydrogens (primary N) is 1. The molecule has 1 amide bonds. The SMILES string of the molecule is CCc1nc(C(=O)NCC(C)(C)N)nn1-c1c(Cl)cccc1Cl.Cl. The van der Waals surface area contributed by atoms with Gasteiger partial charge in [-0.2, -0.15) is 0 Å². The Kier molecular flexibility index (Phi) is 7.04. The number of amides is 1. The van der Waals surface area contributed by atoms with E-state index < -0.39 is 5.54 Å². The first-order chi connectivity index (χ1) is 10.7. The maximum atomic E-state index is 12.2. The Morgan fingerprint density at radius 1 is 1.33 bits per heavy atom. The molecule has 6 nitrogen and oxygen atoms in total. The maximum absolute atomic E-state index is 12.2. The zero-order valence-electron chi connectivity index (χ0n) is 13.6. The van der Waals surface area contributed by atoms with Gasteiger partial charge in [0.2, 0.25) is 5.82 Å². The molecular formula is C15H20Cl3N5O. The van der Waals surface area contributed by atoms with Crippen molar-refractivity contribution < 1.29 is 4.79 Å². The van der Waals surface area contributed by atoms with Crippen molar-refractivity contribution in [1.82, 2.24) is 20.1 Å². The summed E-state index contributed by atoms with van der Waals surface area (Å²) in [4.78, 5) is 16.5. The fourth-order valence-corrected chi connectivity index (χ4v) is 2.48. The first-order valence-electron chi connectivity index (χ1n) is 7.20. The summed E-state index contributed by atoms with van der Waals surface area (Å²) in [5.41, 5.74) is 5.85. The van der Waals surface area contributed by atoms with E-state index in [0.29, 0.717) is 34.5 Å². The zero-order chi connectivity index (χ0) is 17.2. The van der Waals surface area contributed by atoms with Crippen LogP contribution in [-0.2, 0) is 6.42 Å². The molecule has 0 aliphatic carbocycles. The molecular weight excluding hydrogens is 373 g/mol. The fraction of sp³-hybridized carbons (Fsp3) is 0.400. The molecule has 0 aliphatic rings. The number of carbonyl (C=O) groups is 1. The van der Waals surface area contributed by atoms with Gasteiger partial charge in [-0.05, 0) is 26.0 Å². The molecule has 24 heavy (non-hydrogen) atoms. The van der Waals surface area contributed by atoms with Gasteiger partial charge < -0.3 is 11.1 Å². The number of benzene rings is 1. The lowest BCUT2D eigenvalue weighted by Crippen LogP contribution is -2.45. The topological polar surface area (TPSA) is 85.8 Å². The van der Waals surface area contributed by atoms with E-state index in [1.54, 1.807) is 18.2 Å². The molecule has 0 fully saturated rings. The summed E-state index contributed by atoms with van der Waals surface area (Å²) < 4.78 is 1.51. The minimum Gasteiger partial charge on any atom is -0.347 e. The fourth-order valence-electron chi connectivity index (χ4n) is 1.93. The number of hydrogen-bond donors (Lipinski definition) is 2. The van der Waals surface area contributed by atoms with Gasteiger partial charge in [-0.3, -0.25) is 4.79 Å². The molecule has 3 N–H and O–H groups in total. The Bertz CT molecular complexity index is 704. The van der Waals surface area contributed by atoms with Crippen LogP contribution in [0.2, 0.25) is 10.0 Å². The number of nitrogens with zero attached hydrogens (tertiary/aromatic N) is 3. The lowest BCUT2D eigenvalue weighted by Gasteiger charge is -2.18. The summed E-state index contributed by atoms with van der Waals surface area (Å²) in [5.74, 6) is 0.263. The summed E-state index contributed by atoms with van der Waals surface area (Å²) in [6.45, 7) is 5.87. The highest BCUT2D eigenvalue weighted by Crippen LogP contribution is 2.28. The van der Waals surface area contributed by atoms with Crippen molar-refractivity contribution in [1.29, 1.82) is 0 Å². The molecule has 1 heterocycles. The molecule has 0 aliphatic heterocycles. The van der Waals surface area contributed by atoms with Crippen molar-refractivity contribution in [2.24, 2.45) is 5.73 Å². The molecule has 1 aromatic carbocycles. The average molecular weight is 393 g/mol. The number of para-hydroxylation sites is 1. The van der Waals surface area contributed by atoms with Crippen LogP contribution in [0, 0.1) is 0 Å². The number of hydrogen-bond acceptors (Lipinski definition) is 4. The van der Waals surface area contributed by atoms with Crippen LogP contribution in [0.5, 0.6) is 0 Å². The normalized spacial score (nSPS) is 11.1. The van der Waals surface area contributed by atoms with E-state index in [9.17, 15) is 4.79 Å². The molecule has 1 aromatic heterocycles. The maximum Gasteiger partial charge on any atom is 0.291 e. The largest absolute Gasteiger partial charge is 0.347 e. The second kappa shape index (κ2) is 8.16. The van der Waals surface area contributed by atoms with Gasteiger partial charge in [-0.15, -0.1) is 17.5 Å². The van der Waals surface area contributed by atoms with Gasteiger partial charge in [0.1, 0.15) is 11.5 Å². The Balaban J connectivity index is 0.00000288. The molecule has 132 valence electrons. The Hall–Kier alpha value is -1.34. The predicted octanol–water partition coefficient (Wildman–Crippen LogP) is 3.03. The highest BCUT2D eigenvalue weighted by molar-refractivity contribution is 6.37. The third kappa shape index (κ3) is 4.83. The Morgan fingerprint density at radius 2 is 1.92 bits per heavy atom. The quantitative estimate of drug-likeness (QED) is 0.819. The van der Waals surface area contributed by atoms with Gasteiger partial charge >= 0.3 is 0 Å². The summed E-state index contributed by atoms with van der Waals surface area (Å²) in [6, 6.07) is 5.16. The van der Waals surface area contributed by atoms with Crippen molar-refractivity contribution in [3.63, 3.8) is 0 Å². The van der Waals surface area contributed by atoms with Crippen LogP contribution >= 0.6 is 35.6 Å². The number of carbonyl (C=O) groups excluding carboxylic acids is 1. The number of aromatic nitrogens is 3. The molecule has 2 aromatic rings. The van der Waals surface area contributed by atoms with Gasteiger partial charge in [0.25, 0.3) is 5.91 Å². The summed E-state index contributed by atoms with van der Waals surface area (Å²) in [6.07, 6.45) is 0.574. The first-order valence-corrected chi connectivity index (χ1v) is 7.96. The highest BCUT2D eigenvalue weighted by atomic mass is 35.5. The van der Waals surface area contributed by atoms with Gasteiger partial charge in [0, 0.05) is 18.5 Å². The van der Waals surface area contributed by atoms with E-state index in [1.165, 1.54) is 4.68 Å². The lowest BCUT2D eigenvalue weighted by atomic mass is 10.1. The van der Waals surface area contributed by atoms with Crippen molar-refractivity contribution in [2.45, 2.75) is 32.7 Å². The highest BCUT2D eigenvalue weighted by Gasteiger charge is 2.21. The van der Waals surface area contributed by atoms with Gasteiger partial charge in [-0.25, -0.2) is 9.67 Å². The third-order valence-corrected chi connectivity index (χ3v) is 3.66. The predicted molar refractivity (Wildman–Crippen MR) is 98.6 cm³/mol. The lowest BCUT2D eigenvalue weighted by molar-refractivity contribution is 0.0935.